The van der Waals surface area contributed by atoms with Crippen LogP contribution in [0.5, 0.6) is 5.88 Å². The number of pyridine rings is 1. The summed E-state index contributed by atoms with van der Waals surface area (Å²) in [6, 6.07) is 2.98. The van der Waals surface area contributed by atoms with Gasteiger partial charge in [0.05, 0.1) is 36.5 Å². The molecule has 0 bridgehead atoms. The summed E-state index contributed by atoms with van der Waals surface area (Å²) in [6.45, 7) is -0.877. The van der Waals surface area contributed by atoms with Crippen molar-refractivity contribution in [3.63, 3.8) is 0 Å². The van der Waals surface area contributed by atoms with Crippen LogP contribution in [0.3, 0.4) is 0 Å². The third kappa shape index (κ3) is 3.87. The van der Waals surface area contributed by atoms with Crippen molar-refractivity contribution in [2.75, 3.05) is 11.9 Å². The maximum Gasteiger partial charge on any atom is 0.422 e. The van der Waals surface area contributed by atoms with E-state index in [2.05, 4.69) is 25.0 Å². The summed E-state index contributed by atoms with van der Waals surface area (Å²) in [5.74, 6) is -0.0752. The van der Waals surface area contributed by atoms with E-state index in [0.717, 1.165) is 11.3 Å². The Balaban J connectivity index is 1.60. The van der Waals surface area contributed by atoms with Crippen LogP contribution < -0.4 is 10.1 Å². The summed E-state index contributed by atoms with van der Waals surface area (Å²) >= 11 is 0. The van der Waals surface area contributed by atoms with E-state index in [4.69, 9.17) is 0 Å². The van der Waals surface area contributed by atoms with Crippen molar-refractivity contribution in [3.8, 4) is 5.88 Å². The molecule has 0 aliphatic rings. The minimum atomic E-state index is -4.38. The van der Waals surface area contributed by atoms with Crippen LogP contribution >= 0.6 is 0 Å². The van der Waals surface area contributed by atoms with E-state index in [1.807, 2.05) is 4.40 Å². The number of nitrogens with zero attached hydrogens (tertiary/aromatic N) is 4. The molecule has 0 atom stereocenters. The Hall–Kier alpha value is -2.84. The number of fused-ring (bicyclic) bond motifs is 1. The van der Waals surface area contributed by atoms with Gasteiger partial charge in [-0.25, -0.2) is 9.97 Å². The second-order valence-corrected chi connectivity index (χ2v) is 4.70. The predicted octanol–water partition coefficient (Wildman–Crippen LogP) is 2.68. The van der Waals surface area contributed by atoms with Gasteiger partial charge >= 0.3 is 6.18 Å². The Morgan fingerprint density at radius 2 is 2.00 bits per heavy atom. The number of halogens is 3. The van der Waals surface area contributed by atoms with Crippen molar-refractivity contribution in [1.29, 1.82) is 0 Å². The van der Waals surface area contributed by atoms with E-state index in [1.165, 1.54) is 12.3 Å². The number of imidazole rings is 1. The Morgan fingerprint density at radius 1 is 1.13 bits per heavy atom. The molecule has 0 aliphatic heterocycles. The number of ether oxygens (including phenoxy) is 1. The number of hydrogen-bond acceptors (Lipinski definition) is 5. The zero-order valence-corrected chi connectivity index (χ0v) is 11.8. The zero-order chi connectivity index (χ0) is 16.3. The van der Waals surface area contributed by atoms with Gasteiger partial charge in [-0.15, -0.1) is 0 Å². The third-order valence-electron chi connectivity index (χ3n) is 2.99. The van der Waals surface area contributed by atoms with Gasteiger partial charge < -0.3 is 10.1 Å². The molecule has 1 N–H and O–H groups in total. The smallest absolute Gasteiger partial charge is 0.422 e. The summed E-state index contributed by atoms with van der Waals surface area (Å²) in [5.41, 5.74) is 2.31. The van der Waals surface area contributed by atoms with Crippen LogP contribution in [-0.4, -0.2) is 32.1 Å². The minimum Gasteiger partial charge on any atom is -0.468 e. The zero-order valence-electron chi connectivity index (χ0n) is 11.8. The Bertz CT molecular complexity index is 785. The largest absolute Gasteiger partial charge is 0.468 e. The van der Waals surface area contributed by atoms with Crippen molar-refractivity contribution in [1.82, 2.24) is 19.4 Å². The average molecular weight is 323 g/mol. The van der Waals surface area contributed by atoms with Gasteiger partial charge in [0.25, 0.3) is 0 Å². The molecule has 0 radical (unpaired) electrons. The van der Waals surface area contributed by atoms with Gasteiger partial charge in [-0.3, -0.25) is 9.38 Å². The molecule has 0 amide bonds. The number of aromatic nitrogens is 4. The number of anilines is 1. The molecule has 0 unspecified atom stereocenters. The van der Waals surface area contributed by atoms with E-state index in [9.17, 15) is 13.2 Å². The maximum absolute atomic E-state index is 12.0. The molecule has 0 spiro atoms. The van der Waals surface area contributed by atoms with Gasteiger partial charge in [-0.2, -0.15) is 13.2 Å². The van der Waals surface area contributed by atoms with E-state index < -0.39 is 12.8 Å². The first-order chi connectivity index (χ1) is 11.0. The van der Waals surface area contributed by atoms with Crippen LogP contribution in [0.25, 0.3) is 5.65 Å². The summed E-state index contributed by atoms with van der Waals surface area (Å²) < 4.78 is 42.6. The van der Waals surface area contributed by atoms with Crippen LogP contribution in [0.15, 0.2) is 43.1 Å². The van der Waals surface area contributed by atoms with E-state index >= 15 is 0 Å². The van der Waals surface area contributed by atoms with Crippen molar-refractivity contribution in [2.45, 2.75) is 12.7 Å². The van der Waals surface area contributed by atoms with Crippen molar-refractivity contribution >= 4 is 11.3 Å². The van der Waals surface area contributed by atoms with E-state index in [-0.39, 0.29) is 5.88 Å². The maximum atomic E-state index is 12.0. The molecule has 3 heterocycles. The fourth-order valence-corrected chi connectivity index (χ4v) is 1.94. The summed E-state index contributed by atoms with van der Waals surface area (Å²) in [7, 11) is 0. The Morgan fingerprint density at radius 3 is 2.74 bits per heavy atom. The average Bonchev–Trinajstić information content (AvgIpc) is 2.94. The highest BCUT2D eigenvalue weighted by atomic mass is 19.4. The number of rotatable bonds is 5. The van der Waals surface area contributed by atoms with Gasteiger partial charge in [0, 0.05) is 18.5 Å². The molecule has 23 heavy (non-hydrogen) atoms. The lowest BCUT2D eigenvalue weighted by Crippen LogP contribution is -2.19. The minimum absolute atomic E-state index is 0.0752. The van der Waals surface area contributed by atoms with Gasteiger partial charge in [0.15, 0.2) is 12.3 Å². The van der Waals surface area contributed by atoms with Crippen LogP contribution in [0.1, 0.15) is 5.69 Å². The fraction of sp³-hybridized carbons (Fsp3) is 0.214. The molecule has 0 aliphatic carbocycles. The second-order valence-electron chi connectivity index (χ2n) is 4.70. The van der Waals surface area contributed by atoms with Crippen molar-refractivity contribution in [3.05, 3.63) is 48.8 Å². The van der Waals surface area contributed by atoms with Crippen molar-refractivity contribution in [2.24, 2.45) is 0 Å². The highest BCUT2D eigenvalue weighted by molar-refractivity contribution is 5.43. The monoisotopic (exact) mass is 323 g/mol. The molecule has 120 valence electrons. The molecule has 9 heteroatoms. The van der Waals surface area contributed by atoms with Crippen LogP contribution in [-0.2, 0) is 6.54 Å². The first-order valence-electron chi connectivity index (χ1n) is 6.67. The van der Waals surface area contributed by atoms with Crippen molar-refractivity contribution < 1.29 is 17.9 Å². The molecule has 0 saturated carbocycles. The summed E-state index contributed by atoms with van der Waals surface area (Å²) in [6.07, 6.45) is 3.86. The molecule has 3 aromatic heterocycles. The van der Waals surface area contributed by atoms with E-state index in [1.54, 1.807) is 30.9 Å². The SMILES string of the molecule is FC(F)(F)COc1ccc(NCc2cnc3cnccn23)cn1. The molecular weight excluding hydrogens is 311 g/mol. The first kappa shape index (κ1) is 15.1. The lowest BCUT2D eigenvalue weighted by atomic mass is 10.4. The molecule has 3 aromatic rings. The van der Waals surface area contributed by atoms with Crippen LogP contribution in [0.2, 0.25) is 0 Å². The number of nitrogens with one attached hydrogen (secondary N) is 1. The molecule has 0 aromatic carbocycles. The normalized spacial score (nSPS) is 11.6. The predicted molar refractivity (Wildman–Crippen MR) is 76.1 cm³/mol. The van der Waals surface area contributed by atoms with Gasteiger partial charge in [-0.05, 0) is 6.07 Å². The second kappa shape index (κ2) is 6.11. The quantitative estimate of drug-likeness (QED) is 0.782. The van der Waals surface area contributed by atoms with Gasteiger partial charge in [0.1, 0.15) is 0 Å². The topological polar surface area (TPSA) is 64.3 Å². The lowest BCUT2D eigenvalue weighted by molar-refractivity contribution is -0.154. The highest BCUT2D eigenvalue weighted by Crippen LogP contribution is 2.18. The number of alkyl halides is 3. The fourth-order valence-electron chi connectivity index (χ4n) is 1.94. The molecule has 3 rings (SSSR count). The Kier molecular flexibility index (Phi) is 4.00. The van der Waals surface area contributed by atoms with E-state index in [0.29, 0.717) is 12.2 Å². The van der Waals surface area contributed by atoms with Crippen LogP contribution in [0.4, 0.5) is 18.9 Å². The summed E-state index contributed by atoms with van der Waals surface area (Å²) in [4.78, 5) is 12.0. The summed E-state index contributed by atoms with van der Waals surface area (Å²) in [5, 5.41) is 3.12. The lowest BCUT2D eigenvalue weighted by Gasteiger charge is -2.09. The third-order valence-corrected chi connectivity index (χ3v) is 2.99. The van der Waals surface area contributed by atoms with Gasteiger partial charge in [0.2, 0.25) is 5.88 Å². The Labute approximate surface area is 129 Å². The van der Waals surface area contributed by atoms with Crippen LogP contribution in [0, 0.1) is 0 Å². The molecule has 6 nitrogen and oxygen atoms in total. The highest BCUT2D eigenvalue weighted by Gasteiger charge is 2.28. The van der Waals surface area contributed by atoms with Gasteiger partial charge in [-0.1, -0.05) is 0 Å². The molecule has 0 fully saturated rings. The number of hydrogen-bond donors (Lipinski definition) is 1. The molecule has 0 saturated heterocycles. The molecular formula is C14H12F3N5O. The first-order valence-corrected chi connectivity index (χ1v) is 6.67. The standard InChI is InChI=1S/C14H12F3N5O/c15-14(16,17)9-23-13-2-1-10(5-21-13)19-6-11-7-20-12-8-18-3-4-22(11)12/h1-5,7-8,19H,6,9H2.